The lowest BCUT2D eigenvalue weighted by molar-refractivity contribution is 0.850. The Balaban J connectivity index is 2.01. The van der Waals surface area contributed by atoms with Crippen LogP contribution in [0.2, 0.25) is 0 Å². The molecule has 6 heteroatoms. The quantitative estimate of drug-likeness (QED) is 0.549. The molecule has 120 valence electrons. The molecule has 6 N–H and O–H groups in total. The van der Waals surface area contributed by atoms with Crippen molar-refractivity contribution in [1.82, 2.24) is 10.3 Å². The van der Waals surface area contributed by atoms with Gasteiger partial charge in [0, 0.05) is 61.1 Å². The van der Waals surface area contributed by atoms with E-state index in [1.54, 1.807) is 24.8 Å². The maximum Gasteiger partial charge on any atom is 0.0718 e. The largest absolute Gasteiger partial charge is 0.404 e. The summed E-state index contributed by atoms with van der Waals surface area (Å²) in [5, 5.41) is 10.5. The standard InChI is InChI=1S/C17H22N6/c18-7-15(8-19)17-4-5-21-11-14(17)3-6-23-16(9-20)12-22-10-13-1-2-13/h3-9,11-13,18,23H,1-2,10,19-20H2/b6-3+,15-8?,16-9?,18-7?,22-12?. The molecule has 1 aromatic rings. The summed E-state index contributed by atoms with van der Waals surface area (Å²) >= 11 is 0. The second kappa shape index (κ2) is 8.53. The van der Waals surface area contributed by atoms with Crippen molar-refractivity contribution in [3.05, 3.63) is 53.9 Å². The molecule has 1 fully saturated rings. The van der Waals surface area contributed by atoms with Crippen LogP contribution in [-0.4, -0.2) is 24.0 Å². The predicted molar refractivity (Wildman–Crippen MR) is 95.7 cm³/mol. The van der Waals surface area contributed by atoms with E-state index < -0.39 is 0 Å². The Morgan fingerprint density at radius 3 is 2.87 bits per heavy atom. The minimum absolute atomic E-state index is 0.632. The minimum atomic E-state index is 0.632. The van der Waals surface area contributed by atoms with Gasteiger partial charge in [-0.15, -0.1) is 0 Å². The van der Waals surface area contributed by atoms with E-state index in [0.717, 1.165) is 29.3 Å². The first-order chi connectivity index (χ1) is 11.3. The van der Waals surface area contributed by atoms with Crippen molar-refractivity contribution in [3.63, 3.8) is 0 Å². The van der Waals surface area contributed by atoms with E-state index in [1.807, 2.05) is 12.1 Å². The highest BCUT2D eigenvalue weighted by Crippen LogP contribution is 2.28. The summed E-state index contributed by atoms with van der Waals surface area (Å²) in [6.45, 7) is 0.861. The zero-order valence-electron chi connectivity index (χ0n) is 12.9. The molecule has 0 aromatic carbocycles. The van der Waals surface area contributed by atoms with Crippen LogP contribution in [0.25, 0.3) is 11.6 Å². The fourth-order valence-corrected chi connectivity index (χ4v) is 1.97. The molecule has 0 radical (unpaired) electrons. The number of pyridine rings is 1. The van der Waals surface area contributed by atoms with Gasteiger partial charge >= 0.3 is 0 Å². The summed E-state index contributed by atoms with van der Waals surface area (Å²) in [6.07, 6.45) is 15.4. The van der Waals surface area contributed by atoms with Gasteiger partial charge in [0.2, 0.25) is 0 Å². The van der Waals surface area contributed by atoms with Gasteiger partial charge in [0.05, 0.1) is 5.70 Å². The van der Waals surface area contributed by atoms with Crippen LogP contribution in [0.5, 0.6) is 0 Å². The molecule has 1 aliphatic carbocycles. The molecule has 0 saturated heterocycles. The number of nitrogens with two attached hydrogens (primary N) is 2. The Kier molecular flexibility index (Phi) is 6.11. The van der Waals surface area contributed by atoms with E-state index in [4.69, 9.17) is 16.9 Å². The maximum atomic E-state index is 7.41. The van der Waals surface area contributed by atoms with E-state index in [2.05, 4.69) is 15.3 Å². The molecule has 1 aromatic heterocycles. The van der Waals surface area contributed by atoms with E-state index >= 15 is 0 Å². The number of aromatic nitrogens is 1. The van der Waals surface area contributed by atoms with Crippen molar-refractivity contribution < 1.29 is 0 Å². The second-order valence-corrected chi connectivity index (χ2v) is 5.27. The highest BCUT2D eigenvalue weighted by atomic mass is 14.9. The summed E-state index contributed by atoms with van der Waals surface area (Å²) < 4.78 is 0. The van der Waals surface area contributed by atoms with Crippen molar-refractivity contribution in [1.29, 1.82) is 5.41 Å². The lowest BCUT2D eigenvalue weighted by atomic mass is 10.0. The van der Waals surface area contributed by atoms with E-state index in [9.17, 15) is 0 Å². The normalized spacial score (nSPS) is 16.2. The first-order valence-corrected chi connectivity index (χ1v) is 7.50. The maximum absolute atomic E-state index is 7.41. The smallest absolute Gasteiger partial charge is 0.0718 e. The van der Waals surface area contributed by atoms with Crippen LogP contribution in [0.4, 0.5) is 0 Å². The van der Waals surface area contributed by atoms with Crippen LogP contribution in [0, 0.1) is 11.3 Å². The molecular weight excluding hydrogens is 288 g/mol. The van der Waals surface area contributed by atoms with Gasteiger partial charge in [-0.3, -0.25) is 9.98 Å². The third kappa shape index (κ3) is 5.10. The SMILES string of the molecule is N=CC(=CN)c1ccncc1/C=C/NC(C=NCC1CC1)=CN. The van der Waals surface area contributed by atoms with Gasteiger partial charge in [0.1, 0.15) is 0 Å². The van der Waals surface area contributed by atoms with Gasteiger partial charge in [-0.05, 0) is 36.5 Å². The summed E-state index contributed by atoms with van der Waals surface area (Å²) in [5.41, 5.74) is 14.2. The summed E-state index contributed by atoms with van der Waals surface area (Å²) in [7, 11) is 0. The Morgan fingerprint density at radius 2 is 2.22 bits per heavy atom. The average Bonchev–Trinajstić information content (AvgIpc) is 3.40. The molecule has 1 heterocycles. The van der Waals surface area contributed by atoms with Gasteiger partial charge < -0.3 is 22.2 Å². The first kappa shape index (κ1) is 16.5. The van der Waals surface area contributed by atoms with Crippen molar-refractivity contribution in [2.24, 2.45) is 22.4 Å². The molecule has 6 nitrogen and oxygen atoms in total. The summed E-state index contributed by atoms with van der Waals surface area (Å²) in [4.78, 5) is 8.47. The highest BCUT2D eigenvalue weighted by Gasteiger charge is 2.19. The first-order valence-electron chi connectivity index (χ1n) is 7.50. The number of nitrogens with zero attached hydrogens (tertiary/aromatic N) is 2. The molecule has 0 atom stereocenters. The van der Waals surface area contributed by atoms with Crippen LogP contribution >= 0.6 is 0 Å². The topological polar surface area (TPSA) is 113 Å². The molecular formula is C17H22N6. The van der Waals surface area contributed by atoms with Gasteiger partial charge in [-0.25, -0.2) is 0 Å². The zero-order valence-corrected chi connectivity index (χ0v) is 12.9. The molecule has 0 amide bonds. The Hall–Kier alpha value is -2.89. The molecule has 0 aliphatic heterocycles. The van der Waals surface area contributed by atoms with Crippen LogP contribution in [0.1, 0.15) is 24.0 Å². The van der Waals surface area contributed by atoms with Crippen LogP contribution in [-0.2, 0) is 0 Å². The van der Waals surface area contributed by atoms with E-state index in [-0.39, 0.29) is 0 Å². The molecule has 0 spiro atoms. The number of hydrogen-bond acceptors (Lipinski definition) is 6. The third-order valence-corrected chi connectivity index (χ3v) is 3.48. The third-order valence-electron chi connectivity index (χ3n) is 3.48. The molecule has 1 aliphatic rings. The van der Waals surface area contributed by atoms with Crippen molar-refractivity contribution in [2.45, 2.75) is 12.8 Å². The minimum Gasteiger partial charge on any atom is -0.404 e. The fourth-order valence-electron chi connectivity index (χ4n) is 1.97. The molecule has 0 unspecified atom stereocenters. The van der Waals surface area contributed by atoms with Crippen molar-refractivity contribution in [2.75, 3.05) is 6.54 Å². The number of rotatable bonds is 8. The molecule has 23 heavy (non-hydrogen) atoms. The Bertz CT molecular complexity index is 653. The van der Waals surface area contributed by atoms with Gasteiger partial charge in [0.25, 0.3) is 0 Å². The summed E-state index contributed by atoms with van der Waals surface area (Å²) in [6, 6.07) is 1.82. The Morgan fingerprint density at radius 1 is 1.39 bits per heavy atom. The van der Waals surface area contributed by atoms with E-state index in [1.165, 1.54) is 31.5 Å². The van der Waals surface area contributed by atoms with Gasteiger partial charge in [-0.2, -0.15) is 0 Å². The highest BCUT2D eigenvalue weighted by molar-refractivity contribution is 6.09. The van der Waals surface area contributed by atoms with Crippen LogP contribution in [0.15, 0.2) is 47.7 Å². The van der Waals surface area contributed by atoms with E-state index in [0.29, 0.717) is 5.57 Å². The monoisotopic (exact) mass is 310 g/mol. The summed E-state index contributed by atoms with van der Waals surface area (Å²) in [5.74, 6) is 0.751. The zero-order chi connectivity index (χ0) is 16.5. The Labute approximate surface area is 136 Å². The van der Waals surface area contributed by atoms with Crippen molar-refractivity contribution in [3.8, 4) is 0 Å². The number of nitrogens with one attached hydrogen (secondary N) is 2. The van der Waals surface area contributed by atoms with Gasteiger partial charge in [0.15, 0.2) is 0 Å². The number of aliphatic imine (C=N–C) groups is 1. The van der Waals surface area contributed by atoms with Gasteiger partial charge in [-0.1, -0.05) is 0 Å². The van der Waals surface area contributed by atoms with Crippen LogP contribution in [0.3, 0.4) is 0 Å². The van der Waals surface area contributed by atoms with Crippen LogP contribution < -0.4 is 16.8 Å². The average molecular weight is 310 g/mol. The predicted octanol–water partition coefficient (Wildman–Crippen LogP) is 1.87. The fraction of sp³-hybridized carbons (Fsp3) is 0.235. The number of hydrogen-bond donors (Lipinski definition) is 4. The second-order valence-electron chi connectivity index (χ2n) is 5.27. The van der Waals surface area contributed by atoms with Crippen molar-refractivity contribution >= 4 is 24.1 Å². The molecule has 0 bridgehead atoms. The lowest BCUT2D eigenvalue weighted by Gasteiger charge is -2.05. The molecule has 2 rings (SSSR count). The lowest BCUT2D eigenvalue weighted by Crippen LogP contribution is -2.08. The number of allylic oxidation sites excluding steroid dienone is 2. The molecule has 1 saturated carbocycles.